The van der Waals surface area contributed by atoms with Gasteiger partial charge in [0.1, 0.15) is 0 Å². The van der Waals surface area contributed by atoms with Crippen LogP contribution in [0.1, 0.15) is 0 Å². The largest absolute Gasteiger partial charge is 0.435 e. The Hall–Kier alpha value is -0.505. The molecule has 0 atom stereocenters. The quantitative estimate of drug-likeness (QED) is 0.300. The first-order valence-electron chi connectivity index (χ1n) is 1.07. The van der Waals surface area contributed by atoms with Crippen LogP contribution in [0.25, 0.3) is 0 Å². The summed E-state index contributed by atoms with van der Waals surface area (Å²) in [5.74, 6) is 0. The molecule has 5 heavy (non-hydrogen) atoms. The van der Waals surface area contributed by atoms with Crippen molar-refractivity contribution < 1.29 is 9.82 Å². The molecule has 1 radical (unpaired) electrons. The highest BCUT2D eigenvalue weighted by molar-refractivity contribution is 6.25. The minimum Gasteiger partial charge on any atom is -0.435 e. The van der Waals surface area contributed by atoms with Crippen LogP contribution in [0, 0.1) is 0 Å². The van der Waals surface area contributed by atoms with Crippen molar-refractivity contribution in [2.24, 2.45) is 0 Å². The van der Waals surface area contributed by atoms with Crippen molar-refractivity contribution in [1.29, 1.82) is 0 Å². The Balaban J connectivity index is 2.40. The van der Waals surface area contributed by atoms with E-state index in [-0.39, 0.29) is 0 Å². The molecule has 0 aromatic carbocycles. The zero-order valence-corrected chi connectivity index (χ0v) is 2.51. The fourth-order valence-corrected chi connectivity index (χ4v) is 0.0304. The number of carbonyl (C=O) groups excluding carboxylic acids is 1. The molecule has 0 aliphatic rings. The van der Waals surface area contributed by atoms with Gasteiger partial charge in [-0.25, -0.2) is 0 Å². The van der Waals surface area contributed by atoms with Crippen molar-refractivity contribution in [3.63, 3.8) is 0 Å². The molecule has 4 heteroatoms. The predicted molar refractivity (Wildman–Crippen MR) is 17.2 cm³/mol. The molecule has 0 aliphatic carbocycles. The first-order valence-corrected chi connectivity index (χ1v) is 1.07. The maximum Gasteiger partial charge on any atom is 0.435 e. The van der Waals surface area contributed by atoms with Gasteiger partial charge in [-0.3, -0.25) is 4.79 Å². The van der Waals surface area contributed by atoms with E-state index in [0.29, 0.717) is 14.0 Å². The molecule has 3 nitrogen and oxygen atoms in total. The Bertz CT molecular complexity index is 30.8. The van der Waals surface area contributed by atoms with E-state index < -0.39 is 0 Å². The SMILES string of the molecule is O=CN[B]O. The Kier molecular flexibility index (Phi) is 3.14. The van der Waals surface area contributed by atoms with Crippen LogP contribution in [0.5, 0.6) is 0 Å². The average molecular weight is 71.9 g/mol. The van der Waals surface area contributed by atoms with E-state index in [4.69, 9.17) is 9.82 Å². The molecule has 2 N–H and O–H groups in total. The molecule has 0 aromatic heterocycles. The second-order valence-corrected chi connectivity index (χ2v) is 0.414. The number of rotatable bonds is 2. The topological polar surface area (TPSA) is 49.3 Å². The predicted octanol–water partition coefficient (Wildman–Crippen LogP) is -1.74. The van der Waals surface area contributed by atoms with Gasteiger partial charge in [-0.05, 0) is 0 Å². The molecule has 27 valence electrons. The second kappa shape index (κ2) is 3.49. The molecule has 0 saturated carbocycles. The number of hydrogen-bond acceptors (Lipinski definition) is 2. The summed E-state index contributed by atoms with van der Waals surface area (Å²) in [5, 5.41) is 9.46. The molecule has 0 aromatic rings. The van der Waals surface area contributed by atoms with Gasteiger partial charge >= 0.3 is 7.62 Å². The summed E-state index contributed by atoms with van der Waals surface area (Å²) in [7, 11) is 0.562. The lowest BCUT2D eigenvalue weighted by molar-refractivity contribution is -0.108. The van der Waals surface area contributed by atoms with E-state index in [0.717, 1.165) is 0 Å². The van der Waals surface area contributed by atoms with Gasteiger partial charge in [0.15, 0.2) is 6.41 Å². The number of nitrogens with one attached hydrogen (secondary N) is 1. The summed E-state index contributed by atoms with van der Waals surface area (Å²) in [6.45, 7) is 0. The van der Waals surface area contributed by atoms with Gasteiger partial charge in [-0.1, -0.05) is 0 Å². The molecule has 0 unspecified atom stereocenters. The smallest absolute Gasteiger partial charge is 0.435 e. The maximum atomic E-state index is 9.10. The molecule has 0 saturated heterocycles. The molecule has 0 heterocycles. The highest BCUT2D eigenvalue weighted by atomic mass is 16.2. The van der Waals surface area contributed by atoms with Crippen LogP contribution < -0.4 is 5.23 Å². The summed E-state index contributed by atoms with van der Waals surface area (Å²) in [6.07, 6.45) is 0.375. The lowest BCUT2D eigenvalue weighted by Gasteiger charge is -1.73. The number of carbonyl (C=O) groups is 1. The summed E-state index contributed by atoms with van der Waals surface area (Å²) < 4.78 is 0. The minimum atomic E-state index is 0.375. The highest BCUT2D eigenvalue weighted by Crippen LogP contribution is 1.23. The first kappa shape index (κ1) is 4.49. The molecular formula is CH3BNO2. The Morgan fingerprint density at radius 1 is 2.00 bits per heavy atom. The molecule has 0 rings (SSSR count). The number of amides is 1. The lowest BCUT2D eigenvalue weighted by atomic mass is 10.3. The molecular weight excluding hydrogens is 68.8 g/mol. The van der Waals surface area contributed by atoms with Crippen LogP contribution in [0.3, 0.4) is 0 Å². The van der Waals surface area contributed by atoms with Crippen molar-refractivity contribution >= 4 is 14.0 Å². The van der Waals surface area contributed by atoms with Crippen LogP contribution in [0.2, 0.25) is 0 Å². The van der Waals surface area contributed by atoms with E-state index in [1.165, 1.54) is 0 Å². The lowest BCUT2D eigenvalue weighted by Crippen LogP contribution is -2.14. The summed E-state index contributed by atoms with van der Waals surface area (Å²) in [6, 6.07) is 0. The normalized spacial score (nSPS) is 5.80. The standard InChI is InChI=1S/CH3BNO2/c4-1-3-2-5/h1,5H,(H,3,4). The summed E-state index contributed by atoms with van der Waals surface area (Å²) in [5.41, 5.74) is 0. The van der Waals surface area contributed by atoms with Crippen molar-refractivity contribution in [1.82, 2.24) is 5.23 Å². The second-order valence-electron chi connectivity index (χ2n) is 0.414. The zero-order valence-electron chi connectivity index (χ0n) is 2.51. The van der Waals surface area contributed by atoms with Crippen LogP contribution >= 0.6 is 0 Å². The fraction of sp³-hybridized carbons (Fsp3) is 0. The summed E-state index contributed by atoms with van der Waals surface area (Å²) in [4.78, 5) is 9.10. The molecule has 0 spiro atoms. The van der Waals surface area contributed by atoms with E-state index in [1.807, 2.05) is 5.23 Å². The zero-order chi connectivity index (χ0) is 4.12. The van der Waals surface area contributed by atoms with Crippen molar-refractivity contribution in [3.8, 4) is 0 Å². The molecule has 1 amide bonds. The van der Waals surface area contributed by atoms with Gasteiger partial charge in [-0.15, -0.1) is 0 Å². The van der Waals surface area contributed by atoms with Gasteiger partial charge in [0.2, 0.25) is 0 Å². The molecule has 0 aliphatic heterocycles. The van der Waals surface area contributed by atoms with Crippen molar-refractivity contribution in [2.45, 2.75) is 0 Å². The van der Waals surface area contributed by atoms with Gasteiger partial charge in [0.25, 0.3) is 0 Å². The summed E-state index contributed by atoms with van der Waals surface area (Å²) >= 11 is 0. The molecule has 0 fully saturated rings. The highest BCUT2D eigenvalue weighted by Gasteiger charge is 1.69. The minimum absolute atomic E-state index is 0.375. The maximum absolute atomic E-state index is 9.10. The van der Waals surface area contributed by atoms with E-state index in [2.05, 4.69) is 0 Å². The Morgan fingerprint density at radius 2 is 2.60 bits per heavy atom. The Morgan fingerprint density at radius 3 is 2.60 bits per heavy atom. The first-order chi connectivity index (χ1) is 2.41. The van der Waals surface area contributed by atoms with Crippen LogP contribution in [-0.2, 0) is 4.79 Å². The van der Waals surface area contributed by atoms with Gasteiger partial charge in [0.05, 0.1) is 0 Å². The van der Waals surface area contributed by atoms with Crippen LogP contribution in [0.15, 0.2) is 0 Å². The van der Waals surface area contributed by atoms with Crippen LogP contribution in [-0.4, -0.2) is 19.1 Å². The molecule has 0 bridgehead atoms. The van der Waals surface area contributed by atoms with Crippen molar-refractivity contribution in [2.75, 3.05) is 0 Å². The third kappa shape index (κ3) is 3.49. The number of hydrogen-bond donors (Lipinski definition) is 2. The average Bonchev–Trinajstić information content (AvgIpc) is 1.41. The van der Waals surface area contributed by atoms with Crippen molar-refractivity contribution in [3.05, 3.63) is 0 Å². The fourth-order valence-electron chi connectivity index (χ4n) is 0.0304. The van der Waals surface area contributed by atoms with E-state index in [1.54, 1.807) is 0 Å². The monoisotopic (exact) mass is 72.0 g/mol. The third-order valence-corrected chi connectivity index (χ3v) is 0.143. The van der Waals surface area contributed by atoms with Crippen LogP contribution in [0.4, 0.5) is 0 Å². The van der Waals surface area contributed by atoms with Gasteiger partial charge in [-0.2, -0.15) is 0 Å². The van der Waals surface area contributed by atoms with E-state index >= 15 is 0 Å². The van der Waals surface area contributed by atoms with Gasteiger partial charge < -0.3 is 10.3 Å². The van der Waals surface area contributed by atoms with E-state index in [9.17, 15) is 0 Å². The third-order valence-electron chi connectivity index (χ3n) is 0.143. The van der Waals surface area contributed by atoms with Gasteiger partial charge in [0, 0.05) is 0 Å². The Labute approximate surface area is 30.3 Å².